The van der Waals surface area contributed by atoms with E-state index < -0.39 is 6.10 Å². The number of nitrogens with zero attached hydrogens (tertiary/aromatic N) is 1. The van der Waals surface area contributed by atoms with Crippen LogP contribution in [0.15, 0.2) is 36.4 Å². The number of hydrogen-bond donors (Lipinski definition) is 1. The molecule has 1 heterocycles. The highest BCUT2D eigenvalue weighted by Gasteiger charge is 2.34. The standard InChI is InChI=1S/C20H23NO3/c1-4-9-21-17-8-7-16(22)12-18(17)24-19(20(21)23)11-15-6-5-13(2)10-14(15)3/h5-8,10,12,19,22H,4,9,11H2,1-3H3. The molecule has 1 aliphatic rings. The van der Waals surface area contributed by atoms with Gasteiger partial charge in [0.25, 0.3) is 5.91 Å². The molecular weight excluding hydrogens is 302 g/mol. The van der Waals surface area contributed by atoms with Crippen LogP contribution in [0, 0.1) is 13.8 Å². The Labute approximate surface area is 142 Å². The van der Waals surface area contributed by atoms with Crippen molar-refractivity contribution in [1.29, 1.82) is 0 Å². The van der Waals surface area contributed by atoms with Crippen molar-refractivity contribution in [3.8, 4) is 11.5 Å². The van der Waals surface area contributed by atoms with Gasteiger partial charge in [0.2, 0.25) is 0 Å². The van der Waals surface area contributed by atoms with E-state index in [9.17, 15) is 9.90 Å². The quantitative estimate of drug-likeness (QED) is 0.931. The third-order valence-electron chi connectivity index (χ3n) is 4.40. The Morgan fingerprint density at radius 2 is 1.96 bits per heavy atom. The lowest BCUT2D eigenvalue weighted by Gasteiger charge is -2.34. The number of ether oxygens (including phenoxy) is 1. The van der Waals surface area contributed by atoms with E-state index >= 15 is 0 Å². The van der Waals surface area contributed by atoms with Crippen LogP contribution in [-0.2, 0) is 11.2 Å². The summed E-state index contributed by atoms with van der Waals surface area (Å²) in [5.74, 6) is 0.692. The smallest absolute Gasteiger partial charge is 0.268 e. The third kappa shape index (κ3) is 3.09. The van der Waals surface area contributed by atoms with Crippen LogP contribution in [0.25, 0.3) is 0 Å². The maximum absolute atomic E-state index is 12.9. The zero-order valence-corrected chi connectivity index (χ0v) is 14.4. The maximum Gasteiger partial charge on any atom is 0.268 e. The monoisotopic (exact) mass is 325 g/mol. The van der Waals surface area contributed by atoms with Crippen LogP contribution in [0.5, 0.6) is 11.5 Å². The van der Waals surface area contributed by atoms with Crippen LogP contribution in [-0.4, -0.2) is 23.7 Å². The van der Waals surface area contributed by atoms with Crippen molar-refractivity contribution in [2.45, 2.75) is 39.7 Å². The summed E-state index contributed by atoms with van der Waals surface area (Å²) in [5.41, 5.74) is 4.21. The number of aryl methyl sites for hydroxylation is 2. The molecule has 4 nitrogen and oxygen atoms in total. The van der Waals surface area contributed by atoms with E-state index in [4.69, 9.17) is 4.74 Å². The van der Waals surface area contributed by atoms with Crippen molar-refractivity contribution in [2.75, 3.05) is 11.4 Å². The molecule has 1 unspecified atom stereocenters. The zero-order chi connectivity index (χ0) is 17.3. The number of amides is 1. The SMILES string of the molecule is CCCN1C(=O)C(Cc2ccc(C)cc2C)Oc2cc(O)ccc21. The molecule has 0 saturated carbocycles. The van der Waals surface area contributed by atoms with E-state index in [1.807, 2.05) is 6.92 Å². The summed E-state index contributed by atoms with van der Waals surface area (Å²) in [6.45, 7) is 6.80. The number of phenolic OH excluding ortho intramolecular Hbond substituents is 1. The fourth-order valence-electron chi connectivity index (χ4n) is 3.17. The minimum atomic E-state index is -0.563. The van der Waals surface area contributed by atoms with E-state index in [0.29, 0.717) is 18.7 Å². The molecule has 2 aromatic carbocycles. The molecule has 0 aliphatic carbocycles. The number of benzene rings is 2. The number of rotatable bonds is 4. The molecule has 24 heavy (non-hydrogen) atoms. The predicted molar refractivity (Wildman–Crippen MR) is 94.8 cm³/mol. The van der Waals surface area contributed by atoms with Crippen molar-refractivity contribution in [3.05, 3.63) is 53.1 Å². The van der Waals surface area contributed by atoms with E-state index in [0.717, 1.165) is 23.2 Å². The molecule has 3 rings (SSSR count). The molecule has 2 aromatic rings. The van der Waals surface area contributed by atoms with E-state index in [1.165, 1.54) is 5.56 Å². The van der Waals surface area contributed by atoms with Gasteiger partial charge in [-0.15, -0.1) is 0 Å². The lowest BCUT2D eigenvalue weighted by Crippen LogP contribution is -2.47. The molecule has 0 aromatic heterocycles. The van der Waals surface area contributed by atoms with Crippen molar-refractivity contribution < 1.29 is 14.6 Å². The van der Waals surface area contributed by atoms with E-state index in [-0.39, 0.29) is 11.7 Å². The highest BCUT2D eigenvalue weighted by Crippen LogP contribution is 2.37. The first-order valence-electron chi connectivity index (χ1n) is 8.36. The van der Waals surface area contributed by atoms with Crippen molar-refractivity contribution in [3.63, 3.8) is 0 Å². The molecule has 1 N–H and O–H groups in total. The maximum atomic E-state index is 12.9. The summed E-state index contributed by atoms with van der Waals surface area (Å²) in [7, 11) is 0. The van der Waals surface area contributed by atoms with E-state index in [1.54, 1.807) is 23.1 Å². The number of aromatic hydroxyl groups is 1. The lowest BCUT2D eigenvalue weighted by atomic mass is 9.99. The van der Waals surface area contributed by atoms with E-state index in [2.05, 4.69) is 32.0 Å². The Balaban J connectivity index is 1.93. The van der Waals surface area contributed by atoms with Crippen LogP contribution >= 0.6 is 0 Å². The van der Waals surface area contributed by atoms with Gasteiger partial charge in [-0.25, -0.2) is 0 Å². The number of anilines is 1. The molecule has 0 fully saturated rings. The Morgan fingerprint density at radius 3 is 2.67 bits per heavy atom. The first-order chi connectivity index (χ1) is 11.5. The van der Waals surface area contributed by atoms with Crippen LogP contribution < -0.4 is 9.64 Å². The van der Waals surface area contributed by atoms with Gasteiger partial charge in [-0.1, -0.05) is 30.7 Å². The van der Waals surface area contributed by atoms with Crippen LogP contribution in [0.2, 0.25) is 0 Å². The molecule has 0 spiro atoms. The van der Waals surface area contributed by atoms with Crippen LogP contribution in [0.4, 0.5) is 5.69 Å². The van der Waals surface area contributed by atoms with Gasteiger partial charge in [-0.3, -0.25) is 4.79 Å². The molecule has 1 aliphatic heterocycles. The van der Waals surface area contributed by atoms with Gasteiger partial charge in [0.05, 0.1) is 5.69 Å². The summed E-state index contributed by atoms with van der Waals surface area (Å²) >= 11 is 0. The minimum Gasteiger partial charge on any atom is -0.508 e. The summed E-state index contributed by atoms with van der Waals surface area (Å²) < 4.78 is 5.94. The average molecular weight is 325 g/mol. The Morgan fingerprint density at radius 1 is 1.17 bits per heavy atom. The molecule has 126 valence electrons. The first kappa shape index (κ1) is 16.4. The van der Waals surface area contributed by atoms with Gasteiger partial charge in [0.1, 0.15) is 11.5 Å². The summed E-state index contributed by atoms with van der Waals surface area (Å²) in [6, 6.07) is 11.1. The predicted octanol–water partition coefficient (Wildman–Crippen LogP) is 3.76. The molecule has 0 saturated heterocycles. The third-order valence-corrected chi connectivity index (χ3v) is 4.40. The lowest BCUT2D eigenvalue weighted by molar-refractivity contribution is -0.126. The second kappa shape index (κ2) is 6.56. The largest absolute Gasteiger partial charge is 0.508 e. The van der Waals surface area contributed by atoms with Gasteiger partial charge in [-0.2, -0.15) is 0 Å². The number of phenols is 1. The van der Waals surface area contributed by atoms with Gasteiger partial charge in [0.15, 0.2) is 6.10 Å². The Hall–Kier alpha value is -2.49. The average Bonchev–Trinajstić information content (AvgIpc) is 2.53. The molecule has 0 bridgehead atoms. The summed E-state index contributed by atoms with van der Waals surface area (Å²) in [6.07, 6.45) is 0.829. The first-order valence-corrected chi connectivity index (χ1v) is 8.36. The Kier molecular flexibility index (Phi) is 4.47. The van der Waals surface area contributed by atoms with Crippen LogP contribution in [0.3, 0.4) is 0 Å². The number of carbonyl (C=O) groups is 1. The Bertz CT molecular complexity index is 769. The highest BCUT2D eigenvalue weighted by atomic mass is 16.5. The molecule has 1 atom stereocenters. The number of carbonyl (C=O) groups excluding carboxylic acids is 1. The number of fused-ring (bicyclic) bond motifs is 1. The second-order valence-corrected chi connectivity index (χ2v) is 6.38. The normalized spacial score (nSPS) is 16.7. The van der Waals surface area contributed by atoms with Gasteiger partial charge in [0, 0.05) is 19.0 Å². The van der Waals surface area contributed by atoms with Crippen LogP contribution in [0.1, 0.15) is 30.0 Å². The minimum absolute atomic E-state index is 0.0185. The van der Waals surface area contributed by atoms with Crippen molar-refractivity contribution >= 4 is 11.6 Å². The number of hydrogen-bond acceptors (Lipinski definition) is 3. The fraction of sp³-hybridized carbons (Fsp3) is 0.350. The van der Waals surface area contributed by atoms with Gasteiger partial charge in [-0.05, 0) is 43.5 Å². The topological polar surface area (TPSA) is 49.8 Å². The molecule has 0 radical (unpaired) electrons. The summed E-state index contributed by atoms with van der Waals surface area (Å²) in [4.78, 5) is 14.7. The highest BCUT2D eigenvalue weighted by molar-refractivity contribution is 6.00. The van der Waals surface area contributed by atoms with Crippen molar-refractivity contribution in [2.24, 2.45) is 0 Å². The zero-order valence-electron chi connectivity index (χ0n) is 14.4. The summed E-state index contributed by atoms with van der Waals surface area (Å²) in [5, 5.41) is 9.74. The second-order valence-electron chi connectivity index (χ2n) is 6.38. The van der Waals surface area contributed by atoms with Gasteiger partial charge < -0.3 is 14.7 Å². The molecule has 4 heteroatoms. The van der Waals surface area contributed by atoms with Gasteiger partial charge >= 0.3 is 0 Å². The molecule has 1 amide bonds. The molecular formula is C20H23NO3. The van der Waals surface area contributed by atoms with Crippen molar-refractivity contribution in [1.82, 2.24) is 0 Å². The fourth-order valence-corrected chi connectivity index (χ4v) is 3.17.